The molecule has 0 bridgehead atoms. The fraction of sp³-hybridized carbons (Fsp3) is 0.235. The van der Waals surface area contributed by atoms with E-state index in [0.717, 1.165) is 31.5 Å². The molecule has 228 valence electrons. The zero-order valence-corrected chi connectivity index (χ0v) is 25.4. The van der Waals surface area contributed by atoms with Gasteiger partial charge in [-0.3, -0.25) is 0 Å². The topological polar surface area (TPSA) is 130 Å². The first-order valence-corrected chi connectivity index (χ1v) is 16.5. The summed E-state index contributed by atoms with van der Waals surface area (Å²) in [5.41, 5.74) is 3.06. The van der Waals surface area contributed by atoms with E-state index in [1.807, 2.05) is 19.1 Å². The number of ether oxygens (including phenoxy) is 1. The van der Waals surface area contributed by atoms with Gasteiger partial charge in [-0.05, 0) is 85.3 Å². The number of nitrogens with one attached hydrogen (secondary N) is 2. The lowest BCUT2D eigenvalue weighted by molar-refractivity contribution is 0.466. The van der Waals surface area contributed by atoms with Gasteiger partial charge in [-0.2, -0.15) is 5.26 Å². The molecule has 5 aromatic rings. The largest absolute Gasteiger partial charge is 0.437 e. The third-order valence-electron chi connectivity index (χ3n) is 7.77. The second-order valence-electron chi connectivity index (χ2n) is 11.1. The van der Waals surface area contributed by atoms with Gasteiger partial charge >= 0.3 is 0 Å². The van der Waals surface area contributed by atoms with E-state index in [0.29, 0.717) is 50.7 Å². The molecular weight excluding hydrogens is 591 g/mol. The molecule has 1 saturated heterocycles. The lowest BCUT2D eigenvalue weighted by atomic mass is 10.0. The second kappa shape index (κ2) is 13.0. The van der Waals surface area contributed by atoms with Crippen LogP contribution >= 0.6 is 0 Å². The van der Waals surface area contributed by atoms with Crippen molar-refractivity contribution in [2.24, 2.45) is 0 Å². The lowest BCUT2D eigenvalue weighted by Crippen LogP contribution is -2.38. The summed E-state index contributed by atoms with van der Waals surface area (Å²) in [6, 6.07) is 20.4. The average Bonchev–Trinajstić information content (AvgIpc) is 3.04. The Morgan fingerprint density at radius 1 is 1.02 bits per heavy atom. The average molecular weight is 623 g/mol. The number of benzene rings is 3. The van der Waals surface area contributed by atoms with Crippen molar-refractivity contribution in [1.82, 2.24) is 20.3 Å². The normalized spacial score (nSPS) is 15.0. The standard InChI is InChI=1S/C34H31FN6O3S/c1-22-6-11-26-27(12-13-30(35)29(26)21-45(42,43)20-24-9-7-23(18-36)8-10-24)32(22)44-33-28(5-3-16-38-33)31-14-17-39-34(41-31)40-25-4-2-15-37-19-25/h3,5-14,16-17,25,37H,2,4,15,19-21H2,1H3,(H,39,40,41)/t25-/m0/s1. The summed E-state index contributed by atoms with van der Waals surface area (Å²) in [6.45, 7) is 3.72. The summed E-state index contributed by atoms with van der Waals surface area (Å²) in [5.74, 6) is -0.141. The van der Waals surface area contributed by atoms with Crippen LogP contribution in [0.2, 0.25) is 0 Å². The molecule has 1 aliphatic rings. The first-order chi connectivity index (χ1) is 21.8. The molecular formula is C34H31FN6O3S. The number of piperidine rings is 1. The Balaban J connectivity index is 1.31. The predicted molar refractivity (Wildman–Crippen MR) is 171 cm³/mol. The lowest BCUT2D eigenvalue weighted by Gasteiger charge is -2.23. The van der Waals surface area contributed by atoms with E-state index in [1.54, 1.807) is 67.0 Å². The minimum absolute atomic E-state index is 0.0657. The van der Waals surface area contributed by atoms with Gasteiger partial charge in [0.15, 0.2) is 9.84 Å². The zero-order valence-electron chi connectivity index (χ0n) is 24.6. The monoisotopic (exact) mass is 622 g/mol. The fourth-order valence-electron chi connectivity index (χ4n) is 5.51. The number of nitriles is 1. The number of halogens is 1. The van der Waals surface area contributed by atoms with Crippen LogP contribution in [0.3, 0.4) is 0 Å². The molecule has 2 N–H and O–H groups in total. The summed E-state index contributed by atoms with van der Waals surface area (Å²) >= 11 is 0. The maximum absolute atomic E-state index is 15.3. The molecule has 2 aromatic heterocycles. The summed E-state index contributed by atoms with van der Waals surface area (Å²) in [7, 11) is -3.76. The molecule has 6 rings (SSSR count). The van der Waals surface area contributed by atoms with Gasteiger partial charge < -0.3 is 15.4 Å². The van der Waals surface area contributed by atoms with Gasteiger partial charge in [0.2, 0.25) is 11.8 Å². The van der Waals surface area contributed by atoms with Crippen LogP contribution in [0.15, 0.2) is 79.1 Å². The first-order valence-electron chi connectivity index (χ1n) is 14.6. The van der Waals surface area contributed by atoms with Crippen LogP contribution in [-0.2, 0) is 21.3 Å². The number of sulfone groups is 1. The number of nitrogens with zero attached hydrogens (tertiary/aromatic N) is 4. The number of aromatic nitrogens is 3. The SMILES string of the molecule is Cc1ccc2c(CS(=O)(=O)Cc3ccc(C#N)cc3)c(F)ccc2c1Oc1ncccc1-c1ccnc(N[C@H]2CCCNC2)n1. The maximum atomic E-state index is 15.3. The molecule has 11 heteroatoms. The molecule has 3 heterocycles. The van der Waals surface area contributed by atoms with E-state index >= 15 is 4.39 Å². The fourth-order valence-corrected chi connectivity index (χ4v) is 7.04. The highest BCUT2D eigenvalue weighted by Gasteiger charge is 2.22. The van der Waals surface area contributed by atoms with Gasteiger partial charge in [-0.15, -0.1) is 0 Å². The molecule has 0 aliphatic carbocycles. The van der Waals surface area contributed by atoms with Gasteiger partial charge in [0.1, 0.15) is 11.6 Å². The van der Waals surface area contributed by atoms with Crippen molar-refractivity contribution in [3.05, 3.63) is 107 Å². The molecule has 0 radical (unpaired) electrons. The maximum Gasteiger partial charge on any atom is 0.228 e. The van der Waals surface area contributed by atoms with Crippen molar-refractivity contribution in [3.8, 4) is 29.0 Å². The number of hydrogen-bond acceptors (Lipinski definition) is 9. The Morgan fingerprint density at radius 3 is 2.62 bits per heavy atom. The van der Waals surface area contributed by atoms with E-state index in [2.05, 4.69) is 20.6 Å². The minimum Gasteiger partial charge on any atom is -0.437 e. The van der Waals surface area contributed by atoms with Gasteiger partial charge in [0.25, 0.3) is 0 Å². The summed E-state index contributed by atoms with van der Waals surface area (Å²) in [6.07, 6.45) is 5.42. The molecule has 0 unspecified atom stereocenters. The van der Waals surface area contributed by atoms with Crippen molar-refractivity contribution in [1.29, 1.82) is 5.26 Å². The van der Waals surface area contributed by atoms with Crippen LogP contribution in [0, 0.1) is 24.1 Å². The molecule has 0 amide bonds. The van der Waals surface area contributed by atoms with E-state index in [9.17, 15) is 8.42 Å². The van der Waals surface area contributed by atoms with Gasteiger partial charge in [-0.1, -0.05) is 24.3 Å². The Bertz CT molecular complexity index is 2010. The number of pyridine rings is 1. The third kappa shape index (κ3) is 6.93. The van der Waals surface area contributed by atoms with Crippen molar-refractivity contribution in [2.75, 3.05) is 18.4 Å². The van der Waals surface area contributed by atoms with Crippen LogP contribution in [-0.4, -0.2) is 42.5 Å². The number of aryl methyl sites for hydroxylation is 1. The molecule has 1 aliphatic heterocycles. The summed E-state index contributed by atoms with van der Waals surface area (Å²) in [5, 5.41) is 16.8. The number of hydrogen-bond donors (Lipinski definition) is 2. The highest BCUT2D eigenvalue weighted by molar-refractivity contribution is 7.89. The van der Waals surface area contributed by atoms with Gasteiger partial charge in [-0.25, -0.2) is 27.8 Å². The Hall–Kier alpha value is -4.92. The van der Waals surface area contributed by atoms with Crippen LogP contribution < -0.4 is 15.4 Å². The van der Waals surface area contributed by atoms with E-state index in [-0.39, 0.29) is 17.4 Å². The van der Waals surface area contributed by atoms with Crippen LogP contribution in [0.25, 0.3) is 22.0 Å². The predicted octanol–water partition coefficient (Wildman–Crippen LogP) is 6.08. The second-order valence-corrected chi connectivity index (χ2v) is 13.1. The van der Waals surface area contributed by atoms with Crippen molar-refractivity contribution in [3.63, 3.8) is 0 Å². The molecule has 1 atom stereocenters. The molecule has 3 aromatic carbocycles. The summed E-state index contributed by atoms with van der Waals surface area (Å²) < 4.78 is 48.1. The van der Waals surface area contributed by atoms with E-state index in [4.69, 9.17) is 15.0 Å². The number of fused-ring (bicyclic) bond motifs is 1. The van der Waals surface area contributed by atoms with Crippen molar-refractivity contribution < 1.29 is 17.5 Å². The Kier molecular flexibility index (Phi) is 8.69. The quantitative estimate of drug-likeness (QED) is 0.201. The molecule has 1 fully saturated rings. The molecule has 9 nitrogen and oxygen atoms in total. The highest BCUT2D eigenvalue weighted by atomic mass is 32.2. The Labute approximate surface area is 261 Å². The van der Waals surface area contributed by atoms with Crippen LogP contribution in [0.4, 0.5) is 10.3 Å². The van der Waals surface area contributed by atoms with E-state index in [1.165, 1.54) is 6.07 Å². The highest BCUT2D eigenvalue weighted by Crippen LogP contribution is 2.38. The number of anilines is 1. The van der Waals surface area contributed by atoms with Gasteiger partial charge in [0, 0.05) is 35.9 Å². The molecule has 45 heavy (non-hydrogen) atoms. The zero-order chi connectivity index (χ0) is 31.4. The third-order valence-corrected chi connectivity index (χ3v) is 9.27. The molecule has 0 saturated carbocycles. The van der Waals surface area contributed by atoms with Crippen LogP contribution in [0.5, 0.6) is 11.6 Å². The van der Waals surface area contributed by atoms with Crippen molar-refractivity contribution >= 4 is 26.6 Å². The Morgan fingerprint density at radius 2 is 1.84 bits per heavy atom. The first kappa shape index (κ1) is 30.1. The van der Waals surface area contributed by atoms with E-state index < -0.39 is 21.4 Å². The van der Waals surface area contributed by atoms with Gasteiger partial charge in [0.05, 0.1) is 34.4 Å². The minimum atomic E-state index is -3.76. The smallest absolute Gasteiger partial charge is 0.228 e. The summed E-state index contributed by atoms with van der Waals surface area (Å²) in [4.78, 5) is 13.6. The van der Waals surface area contributed by atoms with Crippen molar-refractivity contribution in [2.45, 2.75) is 37.3 Å². The molecule has 0 spiro atoms. The van der Waals surface area contributed by atoms with Crippen LogP contribution in [0.1, 0.15) is 35.1 Å². The number of rotatable bonds is 9.